The molecule has 1 aromatic carbocycles. The molecule has 2 aromatic rings. The first-order valence-corrected chi connectivity index (χ1v) is 8.53. The lowest BCUT2D eigenvalue weighted by molar-refractivity contribution is -0.162. The normalized spacial score (nSPS) is 11.0. The van der Waals surface area contributed by atoms with E-state index in [-0.39, 0.29) is 12.5 Å². The van der Waals surface area contributed by atoms with Crippen LogP contribution in [0.4, 0.5) is 0 Å². The number of thiophene rings is 1. The van der Waals surface area contributed by atoms with E-state index in [1.807, 2.05) is 17.5 Å². The minimum Gasteiger partial charge on any atom is -0.476 e. The van der Waals surface area contributed by atoms with Gasteiger partial charge in [0.05, 0.1) is 6.54 Å². The van der Waals surface area contributed by atoms with E-state index in [4.69, 9.17) is 21.1 Å². The molecule has 0 bridgehead atoms. The molecule has 0 aliphatic rings. The van der Waals surface area contributed by atoms with Crippen molar-refractivity contribution in [3.8, 4) is 5.75 Å². The molecule has 24 heavy (non-hydrogen) atoms. The van der Waals surface area contributed by atoms with Gasteiger partial charge in [0.15, 0.2) is 12.2 Å². The Labute approximate surface area is 149 Å². The molecular formula is C17H18ClNO4S. The topological polar surface area (TPSA) is 64.6 Å². The lowest BCUT2D eigenvalue weighted by atomic mass is 10.1. The van der Waals surface area contributed by atoms with Crippen LogP contribution in [0.3, 0.4) is 0 Å². The van der Waals surface area contributed by atoms with Crippen molar-refractivity contribution in [1.82, 2.24) is 5.32 Å². The van der Waals surface area contributed by atoms with E-state index < -0.39 is 11.6 Å². The van der Waals surface area contributed by atoms with Gasteiger partial charge in [0.25, 0.3) is 5.91 Å². The van der Waals surface area contributed by atoms with Gasteiger partial charge in [-0.1, -0.05) is 17.7 Å². The summed E-state index contributed by atoms with van der Waals surface area (Å²) < 4.78 is 10.6. The molecule has 2 rings (SSSR count). The summed E-state index contributed by atoms with van der Waals surface area (Å²) in [5.74, 6) is -0.494. The third-order valence-corrected chi connectivity index (χ3v) is 4.18. The number of carbonyl (C=O) groups is 2. The monoisotopic (exact) mass is 367 g/mol. The molecule has 128 valence electrons. The second-order valence-electron chi connectivity index (χ2n) is 5.50. The van der Waals surface area contributed by atoms with Crippen molar-refractivity contribution in [2.24, 2.45) is 0 Å². The summed E-state index contributed by atoms with van der Waals surface area (Å²) in [4.78, 5) is 24.9. The number of ether oxygens (including phenoxy) is 2. The van der Waals surface area contributed by atoms with Gasteiger partial charge >= 0.3 is 5.97 Å². The fraction of sp³-hybridized carbons (Fsp3) is 0.294. The van der Waals surface area contributed by atoms with Gasteiger partial charge in [-0.2, -0.15) is 0 Å². The molecule has 0 aliphatic carbocycles. The Morgan fingerprint density at radius 2 is 1.92 bits per heavy atom. The Balaban J connectivity index is 1.79. The van der Waals surface area contributed by atoms with E-state index >= 15 is 0 Å². The van der Waals surface area contributed by atoms with E-state index in [0.717, 1.165) is 4.88 Å². The maximum Gasteiger partial charge on any atom is 0.350 e. The number of benzene rings is 1. The molecule has 0 aliphatic heterocycles. The third-order valence-electron chi connectivity index (χ3n) is 3.05. The van der Waals surface area contributed by atoms with Crippen LogP contribution in [0, 0.1) is 0 Å². The van der Waals surface area contributed by atoms with Gasteiger partial charge in [-0.25, -0.2) is 4.79 Å². The summed E-state index contributed by atoms with van der Waals surface area (Å²) in [5, 5.41) is 5.19. The zero-order chi connectivity index (χ0) is 17.6. The van der Waals surface area contributed by atoms with Crippen molar-refractivity contribution in [3.63, 3.8) is 0 Å². The van der Waals surface area contributed by atoms with E-state index in [0.29, 0.717) is 17.3 Å². The molecule has 7 heteroatoms. The van der Waals surface area contributed by atoms with Crippen LogP contribution in [0.5, 0.6) is 5.75 Å². The van der Waals surface area contributed by atoms with Gasteiger partial charge in [0, 0.05) is 9.90 Å². The SMILES string of the molecule is CC(C)(Oc1ccc(Cl)cc1)C(=O)OCC(=O)NCc1cccs1. The highest BCUT2D eigenvalue weighted by Crippen LogP contribution is 2.21. The molecule has 0 radical (unpaired) electrons. The van der Waals surface area contributed by atoms with E-state index in [1.54, 1.807) is 49.4 Å². The molecule has 0 fully saturated rings. The zero-order valence-electron chi connectivity index (χ0n) is 13.4. The molecule has 0 unspecified atom stereocenters. The highest BCUT2D eigenvalue weighted by molar-refractivity contribution is 7.09. The Kier molecular flexibility index (Phi) is 6.23. The quantitative estimate of drug-likeness (QED) is 0.761. The lowest BCUT2D eigenvalue weighted by Crippen LogP contribution is -2.41. The maximum absolute atomic E-state index is 12.1. The maximum atomic E-state index is 12.1. The van der Waals surface area contributed by atoms with Gasteiger partial charge in [-0.3, -0.25) is 4.79 Å². The van der Waals surface area contributed by atoms with E-state index in [1.165, 1.54) is 0 Å². The van der Waals surface area contributed by atoms with Crippen LogP contribution < -0.4 is 10.1 Å². The van der Waals surface area contributed by atoms with Crippen molar-refractivity contribution >= 4 is 34.8 Å². The van der Waals surface area contributed by atoms with E-state index in [9.17, 15) is 9.59 Å². The number of esters is 1. The van der Waals surface area contributed by atoms with Crippen molar-refractivity contribution in [2.45, 2.75) is 26.0 Å². The lowest BCUT2D eigenvalue weighted by Gasteiger charge is -2.24. The van der Waals surface area contributed by atoms with Crippen LogP contribution in [0.25, 0.3) is 0 Å². The molecular weight excluding hydrogens is 350 g/mol. The van der Waals surface area contributed by atoms with Crippen molar-refractivity contribution in [1.29, 1.82) is 0 Å². The highest BCUT2D eigenvalue weighted by Gasteiger charge is 2.32. The van der Waals surface area contributed by atoms with Gasteiger partial charge in [0.1, 0.15) is 5.75 Å². The predicted molar refractivity (Wildman–Crippen MR) is 93.3 cm³/mol. The van der Waals surface area contributed by atoms with Crippen molar-refractivity contribution < 1.29 is 19.1 Å². The first kappa shape index (κ1) is 18.3. The summed E-state index contributed by atoms with van der Waals surface area (Å²) in [6.07, 6.45) is 0. The van der Waals surface area contributed by atoms with E-state index in [2.05, 4.69) is 5.32 Å². The molecule has 0 saturated heterocycles. The summed E-state index contributed by atoms with van der Waals surface area (Å²) in [7, 11) is 0. The molecule has 0 atom stereocenters. The average Bonchev–Trinajstić information content (AvgIpc) is 3.06. The number of hydrogen-bond acceptors (Lipinski definition) is 5. The Morgan fingerprint density at radius 1 is 1.21 bits per heavy atom. The molecule has 1 aromatic heterocycles. The number of nitrogens with one attached hydrogen (secondary N) is 1. The second-order valence-corrected chi connectivity index (χ2v) is 6.97. The number of rotatable bonds is 7. The number of amides is 1. The smallest absolute Gasteiger partial charge is 0.350 e. The molecule has 1 heterocycles. The first-order valence-electron chi connectivity index (χ1n) is 7.28. The first-order chi connectivity index (χ1) is 11.4. The summed E-state index contributed by atoms with van der Waals surface area (Å²) in [6, 6.07) is 10.5. The molecule has 1 N–H and O–H groups in total. The van der Waals surface area contributed by atoms with Crippen LogP contribution in [0.1, 0.15) is 18.7 Å². The van der Waals surface area contributed by atoms with Gasteiger partial charge < -0.3 is 14.8 Å². The Bertz CT molecular complexity index is 683. The van der Waals surface area contributed by atoms with Gasteiger partial charge in [-0.05, 0) is 49.6 Å². The van der Waals surface area contributed by atoms with Gasteiger partial charge in [0.2, 0.25) is 0 Å². The van der Waals surface area contributed by atoms with Crippen LogP contribution in [-0.2, 0) is 20.9 Å². The minimum atomic E-state index is -1.22. The van der Waals surface area contributed by atoms with Crippen LogP contribution in [-0.4, -0.2) is 24.1 Å². The van der Waals surface area contributed by atoms with Crippen LogP contribution in [0.15, 0.2) is 41.8 Å². The molecule has 1 amide bonds. The number of hydrogen-bond donors (Lipinski definition) is 1. The summed E-state index contributed by atoms with van der Waals surface area (Å²) in [6.45, 7) is 3.22. The third kappa shape index (κ3) is 5.54. The molecule has 0 saturated carbocycles. The standard InChI is InChI=1S/C17H18ClNO4S/c1-17(2,23-13-7-5-12(18)6-8-13)16(21)22-11-15(20)19-10-14-4-3-9-24-14/h3-9H,10-11H2,1-2H3,(H,19,20). The molecule has 0 spiro atoms. The number of halogens is 1. The van der Waals surface area contributed by atoms with Crippen LogP contribution in [0.2, 0.25) is 5.02 Å². The van der Waals surface area contributed by atoms with Crippen molar-refractivity contribution in [2.75, 3.05) is 6.61 Å². The molecule has 5 nitrogen and oxygen atoms in total. The Hall–Kier alpha value is -2.05. The summed E-state index contributed by atoms with van der Waals surface area (Å²) in [5.41, 5.74) is -1.22. The average molecular weight is 368 g/mol. The fourth-order valence-electron chi connectivity index (χ4n) is 1.79. The number of carbonyl (C=O) groups excluding carboxylic acids is 2. The Morgan fingerprint density at radius 3 is 2.54 bits per heavy atom. The minimum absolute atomic E-state index is 0.350. The largest absolute Gasteiger partial charge is 0.476 e. The highest BCUT2D eigenvalue weighted by atomic mass is 35.5. The van der Waals surface area contributed by atoms with Crippen LogP contribution >= 0.6 is 22.9 Å². The van der Waals surface area contributed by atoms with Gasteiger partial charge in [-0.15, -0.1) is 11.3 Å². The zero-order valence-corrected chi connectivity index (χ0v) is 14.9. The predicted octanol–water partition coefficient (Wildman–Crippen LogP) is 3.42. The fourth-order valence-corrected chi connectivity index (χ4v) is 2.56. The second kappa shape index (κ2) is 8.17. The summed E-state index contributed by atoms with van der Waals surface area (Å²) >= 11 is 7.35. The van der Waals surface area contributed by atoms with Crippen molar-refractivity contribution in [3.05, 3.63) is 51.7 Å².